The average Bonchev–Trinajstić information content (AvgIpc) is 2.56. The van der Waals surface area contributed by atoms with Crippen molar-refractivity contribution in [1.82, 2.24) is 4.90 Å². The number of carbonyl (C=O) groups is 1. The van der Waals surface area contributed by atoms with Crippen molar-refractivity contribution in [2.75, 3.05) is 14.2 Å². The molecule has 0 aliphatic carbocycles. The molecule has 0 spiro atoms. The predicted molar refractivity (Wildman–Crippen MR) is 91.0 cm³/mol. The van der Waals surface area contributed by atoms with E-state index in [-0.39, 0.29) is 5.91 Å². The minimum atomic E-state index is -0.569. The van der Waals surface area contributed by atoms with Crippen LogP contribution in [-0.2, 0) is 11.3 Å². The molecule has 2 aromatic rings. The first kappa shape index (κ1) is 17.2. The lowest BCUT2D eigenvalue weighted by Crippen LogP contribution is -2.37. The summed E-state index contributed by atoms with van der Waals surface area (Å²) < 4.78 is 10.8. The summed E-state index contributed by atoms with van der Waals surface area (Å²) in [7, 11) is 3.36. The van der Waals surface area contributed by atoms with Crippen LogP contribution in [0.4, 0.5) is 0 Å². The van der Waals surface area contributed by atoms with Crippen molar-refractivity contribution in [2.45, 2.75) is 19.6 Å². The van der Waals surface area contributed by atoms with Crippen LogP contribution >= 0.6 is 11.6 Å². The van der Waals surface area contributed by atoms with Gasteiger partial charge in [-0.2, -0.15) is 0 Å². The first-order valence-electron chi connectivity index (χ1n) is 7.29. The summed E-state index contributed by atoms with van der Waals surface area (Å²) in [4.78, 5) is 14.0. The molecule has 1 amide bonds. The summed E-state index contributed by atoms with van der Waals surface area (Å²) in [6, 6.07) is 14.6. The number of benzene rings is 2. The standard InChI is InChI=1S/C18H20ClNO3/c1-13(23-17-10-8-16(22-3)9-11-17)18(21)20(2)12-14-4-6-15(19)7-5-14/h4-11,13H,12H2,1-3H3/t13-/m1/s1. The fourth-order valence-electron chi connectivity index (χ4n) is 2.16. The SMILES string of the molecule is COc1ccc(O[C@H](C)C(=O)N(C)Cc2ccc(Cl)cc2)cc1. The van der Waals surface area contributed by atoms with Crippen LogP contribution in [0, 0.1) is 0 Å². The highest BCUT2D eigenvalue weighted by Crippen LogP contribution is 2.19. The topological polar surface area (TPSA) is 38.8 Å². The summed E-state index contributed by atoms with van der Waals surface area (Å²) in [5.74, 6) is 1.29. The van der Waals surface area contributed by atoms with Gasteiger partial charge >= 0.3 is 0 Å². The molecule has 5 heteroatoms. The second-order valence-electron chi connectivity index (χ2n) is 5.26. The third-order valence-electron chi connectivity index (χ3n) is 3.43. The Hall–Kier alpha value is -2.20. The summed E-state index contributed by atoms with van der Waals surface area (Å²) in [5, 5.41) is 0.680. The molecule has 0 saturated heterocycles. The lowest BCUT2D eigenvalue weighted by atomic mass is 10.2. The maximum atomic E-state index is 12.4. The third-order valence-corrected chi connectivity index (χ3v) is 3.68. The Bertz CT molecular complexity index is 640. The maximum absolute atomic E-state index is 12.4. The van der Waals surface area contributed by atoms with Crippen molar-refractivity contribution < 1.29 is 14.3 Å². The molecule has 0 unspecified atom stereocenters. The molecule has 23 heavy (non-hydrogen) atoms. The first-order valence-corrected chi connectivity index (χ1v) is 7.67. The molecule has 122 valence electrons. The Morgan fingerprint density at radius 1 is 1.09 bits per heavy atom. The Labute approximate surface area is 141 Å². The van der Waals surface area contributed by atoms with Crippen LogP contribution in [0.25, 0.3) is 0 Å². The van der Waals surface area contributed by atoms with E-state index in [4.69, 9.17) is 21.1 Å². The largest absolute Gasteiger partial charge is 0.497 e. The van der Waals surface area contributed by atoms with Crippen molar-refractivity contribution in [2.24, 2.45) is 0 Å². The highest BCUT2D eigenvalue weighted by molar-refractivity contribution is 6.30. The van der Waals surface area contributed by atoms with Gasteiger partial charge in [0.1, 0.15) is 11.5 Å². The van der Waals surface area contributed by atoms with E-state index in [0.717, 1.165) is 11.3 Å². The predicted octanol–water partition coefficient (Wildman–Crippen LogP) is 3.77. The number of likely N-dealkylation sites (N-methyl/N-ethyl adjacent to an activating group) is 1. The number of rotatable bonds is 6. The highest BCUT2D eigenvalue weighted by atomic mass is 35.5. The van der Waals surface area contributed by atoms with E-state index in [2.05, 4.69) is 0 Å². The quantitative estimate of drug-likeness (QED) is 0.807. The third kappa shape index (κ3) is 4.89. The molecule has 2 aromatic carbocycles. The molecule has 0 saturated carbocycles. The monoisotopic (exact) mass is 333 g/mol. The zero-order chi connectivity index (χ0) is 16.8. The fraction of sp³-hybridized carbons (Fsp3) is 0.278. The molecular weight excluding hydrogens is 314 g/mol. The number of nitrogens with zero attached hydrogens (tertiary/aromatic N) is 1. The lowest BCUT2D eigenvalue weighted by molar-refractivity contribution is -0.137. The van der Waals surface area contributed by atoms with Crippen LogP contribution in [0.3, 0.4) is 0 Å². The van der Waals surface area contributed by atoms with Gasteiger partial charge in [0.15, 0.2) is 6.10 Å². The fourth-order valence-corrected chi connectivity index (χ4v) is 2.29. The van der Waals surface area contributed by atoms with Gasteiger partial charge in [-0.15, -0.1) is 0 Å². The normalized spacial score (nSPS) is 11.7. The lowest BCUT2D eigenvalue weighted by Gasteiger charge is -2.22. The Morgan fingerprint density at radius 2 is 1.65 bits per heavy atom. The van der Waals surface area contributed by atoms with Gasteiger partial charge in [-0.05, 0) is 48.9 Å². The van der Waals surface area contributed by atoms with Crippen LogP contribution in [-0.4, -0.2) is 31.1 Å². The van der Waals surface area contributed by atoms with Gasteiger partial charge in [0.25, 0.3) is 5.91 Å². The molecule has 2 rings (SSSR count). The minimum Gasteiger partial charge on any atom is -0.497 e. The zero-order valence-corrected chi connectivity index (χ0v) is 14.2. The number of amides is 1. The van der Waals surface area contributed by atoms with E-state index in [1.165, 1.54) is 0 Å². The van der Waals surface area contributed by atoms with Crippen LogP contribution in [0.1, 0.15) is 12.5 Å². The molecule has 0 aromatic heterocycles. The second-order valence-corrected chi connectivity index (χ2v) is 5.69. The van der Waals surface area contributed by atoms with E-state index in [9.17, 15) is 4.79 Å². The van der Waals surface area contributed by atoms with E-state index in [0.29, 0.717) is 17.3 Å². The summed E-state index contributed by atoms with van der Waals surface area (Å²) in [5.41, 5.74) is 1.02. The van der Waals surface area contributed by atoms with Crippen LogP contribution < -0.4 is 9.47 Å². The highest BCUT2D eigenvalue weighted by Gasteiger charge is 2.19. The van der Waals surface area contributed by atoms with Gasteiger partial charge in [-0.25, -0.2) is 0 Å². The first-order chi connectivity index (χ1) is 11.0. The Morgan fingerprint density at radius 3 is 2.22 bits per heavy atom. The molecule has 0 heterocycles. The molecule has 0 aliphatic rings. The van der Waals surface area contributed by atoms with Gasteiger partial charge in [0.05, 0.1) is 7.11 Å². The molecule has 0 N–H and O–H groups in total. The van der Waals surface area contributed by atoms with Gasteiger partial charge in [0.2, 0.25) is 0 Å². The van der Waals surface area contributed by atoms with Crippen LogP contribution in [0.2, 0.25) is 5.02 Å². The molecule has 4 nitrogen and oxygen atoms in total. The smallest absolute Gasteiger partial charge is 0.263 e. The van der Waals surface area contributed by atoms with Crippen LogP contribution in [0.15, 0.2) is 48.5 Å². The second kappa shape index (κ2) is 7.88. The Kier molecular flexibility index (Phi) is 5.88. The molecule has 1 atom stereocenters. The maximum Gasteiger partial charge on any atom is 0.263 e. The van der Waals surface area contributed by atoms with E-state index in [1.54, 1.807) is 50.2 Å². The van der Waals surface area contributed by atoms with E-state index in [1.807, 2.05) is 24.3 Å². The number of ether oxygens (including phenoxy) is 2. The molecule has 0 aliphatic heterocycles. The zero-order valence-electron chi connectivity index (χ0n) is 13.5. The van der Waals surface area contributed by atoms with Gasteiger partial charge in [0, 0.05) is 18.6 Å². The number of methoxy groups -OCH3 is 1. The summed E-state index contributed by atoms with van der Waals surface area (Å²) >= 11 is 5.86. The molecular formula is C18H20ClNO3. The number of halogens is 1. The van der Waals surface area contributed by atoms with Crippen molar-refractivity contribution in [1.29, 1.82) is 0 Å². The van der Waals surface area contributed by atoms with Crippen molar-refractivity contribution in [3.05, 3.63) is 59.1 Å². The van der Waals surface area contributed by atoms with Crippen molar-refractivity contribution in [3.8, 4) is 11.5 Å². The van der Waals surface area contributed by atoms with Crippen molar-refractivity contribution in [3.63, 3.8) is 0 Å². The Balaban J connectivity index is 1.93. The minimum absolute atomic E-state index is 0.0873. The van der Waals surface area contributed by atoms with E-state index < -0.39 is 6.10 Å². The van der Waals surface area contributed by atoms with Crippen LogP contribution in [0.5, 0.6) is 11.5 Å². The molecule has 0 fully saturated rings. The number of hydrogen-bond acceptors (Lipinski definition) is 3. The average molecular weight is 334 g/mol. The molecule has 0 radical (unpaired) electrons. The number of carbonyl (C=O) groups excluding carboxylic acids is 1. The van der Waals surface area contributed by atoms with Crippen molar-refractivity contribution >= 4 is 17.5 Å². The van der Waals surface area contributed by atoms with E-state index >= 15 is 0 Å². The van der Waals surface area contributed by atoms with Gasteiger partial charge in [-0.1, -0.05) is 23.7 Å². The summed E-state index contributed by atoms with van der Waals surface area (Å²) in [6.45, 7) is 2.25. The number of hydrogen-bond donors (Lipinski definition) is 0. The molecule has 0 bridgehead atoms. The van der Waals surface area contributed by atoms with Gasteiger partial charge < -0.3 is 14.4 Å². The van der Waals surface area contributed by atoms with Gasteiger partial charge in [-0.3, -0.25) is 4.79 Å². The summed E-state index contributed by atoms with van der Waals surface area (Å²) in [6.07, 6.45) is -0.569.